The maximum Gasteiger partial charge on any atom is 0.269 e. The molecular formula is C16H11BrClN3O2. The zero-order chi connectivity index (χ0) is 16.4. The van der Waals surface area contributed by atoms with Gasteiger partial charge in [-0.25, -0.2) is 4.98 Å². The first-order valence-electron chi connectivity index (χ1n) is 6.74. The van der Waals surface area contributed by atoms with Crippen LogP contribution in [-0.4, -0.2) is 14.5 Å². The molecule has 0 saturated carbocycles. The van der Waals surface area contributed by atoms with Gasteiger partial charge in [0.05, 0.1) is 4.92 Å². The minimum absolute atomic E-state index is 0.0784. The van der Waals surface area contributed by atoms with Crippen molar-refractivity contribution in [2.45, 2.75) is 6.54 Å². The van der Waals surface area contributed by atoms with Gasteiger partial charge in [0.25, 0.3) is 5.69 Å². The molecule has 0 radical (unpaired) electrons. The summed E-state index contributed by atoms with van der Waals surface area (Å²) < 4.78 is 2.79. The highest BCUT2D eigenvalue weighted by Gasteiger charge is 2.10. The average molecular weight is 393 g/mol. The summed E-state index contributed by atoms with van der Waals surface area (Å²) in [5.41, 5.74) is 1.79. The molecule has 0 aliphatic rings. The molecule has 0 saturated heterocycles. The van der Waals surface area contributed by atoms with E-state index < -0.39 is 4.92 Å². The first kappa shape index (κ1) is 15.7. The molecule has 3 rings (SSSR count). The fourth-order valence-corrected chi connectivity index (χ4v) is 3.21. The lowest BCUT2D eigenvalue weighted by molar-refractivity contribution is -0.384. The smallest absolute Gasteiger partial charge is 0.269 e. The number of benzene rings is 2. The van der Waals surface area contributed by atoms with Crippen molar-refractivity contribution in [1.82, 2.24) is 9.55 Å². The van der Waals surface area contributed by atoms with E-state index >= 15 is 0 Å². The van der Waals surface area contributed by atoms with Crippen molar-refractivity contribution in [2.75, 3.05) is 0 Å². The van der Waals surface area contributed by atoms with Gasteiger partial charge in [-0.3, -0.25) is 10.1 Å². The Morgan fingerprint density at radius 3 is 2.83 bits per heavy atom. The number of hydrogen-bond acceptors (Lipinski definition) is 3. The Morgan fingerprint density at radius 1 is 1.26 bits per heavy atom. The summed E-state index contributed by atoms with van der Waals surface area (Å²) in [6.07, 6.45) is 3.53. The van der Waals surface area contributed by atoms with Gasteiger partial charge in [-0.2, -0.15) is 0 Å². The summed E-state index contributed by atoms with van der Waals surface area (Å²) in [5, 5.41) is 11.5. The van der Waals surface area contributed by atoms with E-state index in [1.807, 2.05) is 29.0 Å². The minimum Gasteiger partial charge on any atom is -0.327 e. The first-order valence-corrected chi connectivity index (χ1v) is 7.91. The average Bonchev–Trinajstić information content (AvgIpc) is 2.94. The van der Waals surface area contributed by atoms with Gasteiger partial charge in [0.1, 0.15) is 5.82 Å². The lowest BCUT2D eigenvalue weighted by atomic mass is 10.2. The maximum atomic E-state index is 10.9. The molecule has 23 heavy (non-hydrogen) atoms. The highest BCUT2D eigenvalue weighted by molar-refractivity contribution is 9.10. The molecule has 0 amide bonds. The number of halogens is 2. The van der Waals surface area contributed by atoms with Crippen LogP contribution in [-0.2, 0) is 6.54 Å². The maximum absolute atomic E-state index is 10.9. The van der Waals surface area contributed by atoms with Gasteiger partial charge in [-0.15, -0.1) is 0 Å². The molecule has 0 bridgehead atoms. The van der Waals surface area contributed by atoms with Crippen LogP contribution < -0.4 is 0 Å². The summed E-state index contributed by atoms with van der Waals surface area (Å²) in [4.78, 5) is 14.9. The summed E-state index contributed by atoms with van der Waals surface area (Å²) in [5.74, 6) is 0.750. The lowest BCUT2D eigenvalue weighted by Gasteiger charge is -2.09. The van der Waals surface area contributed by atoms with Crippen molar-refractivity contribution in [2.24, 2.45) is 0 Å². The van der Waals surface area contributed by atoms with Crippen LogP contribution in [0.1, 0.15) is 5.56 Å². The molecule has 3 aromatic rings. The first-order chi connectivity index (χ1) is 11.0. The van der Waals surface area contributed by atoms with E-state index in [4.69, 9.17) is 11.6 Å². The van der Waals surface area contributed by atoms with E-state index in [0.29, 0.717) is 11.6 Å². The number of imidazole rings is 1. The number of non-ortho nitro benzene ring substituents is 1. The topological polar surface area (TPSA) is 61.0 Å². The standard InChI is InChI=1S/C16H11BrClN3O2/c17-13-7-12(8-14(18)9-13)16-19-4-5-20(16)10-11-2-1-3-15(6-11)21(22)23/h1-9H,10H2. The Balaban J connectivity index is 1.95. The molecule has 0 spiro atoms. The number of nitro benzene ring substituents is 1. The SMILES string of the molecule is O=[N+]([O-])c1cccc(Cn2ccnc2-c2cc(Cl)cc(Br)c2)c1. The van der Waals surface area contributed by atoms with Crippen LogP contribution in [0.4, 0.5) is 5.69 Å². The molecule has 1 aromatic heterocycles. The van der Waals surface area contributed by atoms with Gasteiger partial charge < -0.3 is 4.57 Å². The Bertz CT molecular complexity index is 859. The van der Waals surface area contributed by atoms with Gasteiger partial charge in [0.15, 0.2) is 0 Å². The van der Waals surface area contributed by atoms with Gasteiger partial charge in [-0.05, 0) is 23.8 Å². The molecule has 5 nitrogen and oxygen atoms in total. The number of rotatable bonds is 4. The molecule has 0 aliphatic carbocycles. The summed E-state index contributed by atoms with van der Waals surface area (Å²) in [7, 11) is 0. The Hall–Kier alpha value is -2.18. The largest absolute Gasteiger partial charge is 0.327 e. The molecule has 0 atom stereocenters. The number of nitrogens with zero attached hydrogens (tertiary/aromatic N) is 3. The molecule has 0 N–H and O–H groups in total. The van der Waals surface area contributed by atoms with Crippen LogP contribution in [0, 0.1) is 10.1 Å². The molecular weight excluding hydrogens is 382 g/mol. The molecule has 1 heterocycles. The van der Waals surface area contributed by atoms with Crippen molar-refractivity contribution < 1.29 is 4.92 Å². The van der Waals surface area contributed by atoms with E-state index in [0.717, 1.165) is 21.4 Å². The van der Waals surface area contributed by atoms with Crippen LogP contribution in [0.25, 0.3) is 11.4 Å². The summed E-state index contributed by atoms with van der Waals surface area (Å²) in [6.45, 7) is 0.487. The summed E-state index contributed by atoms with van der Waals surface area (Å²) in [6, 6.07) is 12.1. The van der Waals surface area contributed by atoms with Gasteiger partial charge >= 0.3 is 0 Å². The fourth-order valence-electron chi connectivity index (χ4n) is 2.35. The molecule has 0 fully saturated rings. The van der Waals surface area contributed by atoms with Crippen LogP contribution in [0.5, 0.6) is 0 Å². The van der Waals surface area contributed by atoms with E-state index in [1.54, 1.807) is 24.4 Å². The highest BCUT2D eigenvalue weighted by atomic mass is 79.9. The lowest BCUT2D eigenvalue weighted by Crippen LogP contribution is -2.02. The van der Waals surface area contributed by atoms with E-state index in [-0.39, 0.29) is 5.69 Å². The molecule has 7 heteroatoms. The monoisotopic (exact) mass is 391 g/mol. The molecule has 0 aliphatic heterocycles. The van der Waals surface area contributed by atoms with Gasteiger partial charge in [-0.1, -0.05) is 39.7 Å². The third-order valence-corrected chi connectivity index (χ3v) is 3.99. The van der Waals surface area contributed by atoms with Crippen molar-refractivity contribution in [3.63, 3.8) is 0 Å². The third kappa shape index (κ3) is 3.60. The Labute approximate surface area is 145 Å². The highest BCUT2D eigenvalue weighted by Crippen LogP contribution is 2.27. The van der Waals surface area contributed by atoms with Crippen molar-refractivity contribution in [3.8, 4) is 11.4 Å². The second kappa shape index (κ2) is 6.52. The Morgan fingerprint density at radius 2 is 2.09 bits per heavy atom. The zero-order valence-electron chi connectivity index (χ0n) is 11.8. The quantitative estimate of drug-likeness (QED) is 0.467. The second-order valence-corrected chi connectivity index (χ2v) is 6.32. The van der Waals surface area contributed by atoms with E-state index in [1.165, 1.54) is 6.07 Å². The third-order valence-electron chi connectivity index (χ3n) is 3.31. The minimum atomic E-state index is -0.396. The van der Waals surface area contributed by atoms with E-state index in [2.05, 4.69) is 20.9 Å². The molecule has 0 unspecified atom stereocenters. The zero-order valence-corrected chi connectivity index (χ0v) is 14.2. The Kier molecular flexibility index (Phi) is 4.45. The number of nitro groups is 1. The number of hydrogen-bond donors (Lipinski definition) is 0. The number of aromatic nitrogens is 2. The van der Waals surface area contributed by atoms with Crippen molar-refractivity contribution >= 4 is 33.2 Å². The van der Waals surface area contributed by atoms with Crippen LogP contribution >= 0.6 is 27.5 Å². The second-order valence-electron chi connectivity index (χ2n) is 4.96. The van der Waals surface area contributed by atoms with Crippen LogP contribution in [0.3, 0.4) is 0 Å². The van der Waals surface area contributed by atoms with Gasteiger partial charge in [0, 0.05) is 46.1 Å². The fraction of sp³-hybridized carbons (Fsp3) is 0.0625. The summed E-state index contributed by atoms with van der Waals surface area (Å²) >= 11 is 9.51. The van der Waals surface area contributed by atoms with Crippen LogP contribution in [0.2, 0.25) is 5.02 Å². The van der Waals surface area contributed by atoms with Gasteiger partial charge in [0.2, 0.25) is 0 Å². The normalized spacial score (nSPS) is 10.7. The van der Waals surface area contributed by atoms with Crippen LogP contribution in [0.15, 0.2) is 59.3 Å². The van der Waals surface area contributed by atoms with Crippen molar-refractivity contribution in [1.29, 1.82) is 0 Å². The predicted molar refractivity (Wildman–Crippen MR) is 92.6 cm³/mol. The van der Waals surface area contributed by atoms with Crippen molar-refractivity contribution in [3.05, 3.63) is 80.0 Å². The van der Waals surface area contributed by atoms with E-state index in [9.17, 15) is 10.1 Å². The molecule has 116 valence electrons. The predicted octanol–water partition coefficient (Wildman–Crippen LogP) is 4.92. The molecule has 2 aromatic carbocycles.